The van der Waals surface area contributed by atoms with Gasteiger partial charge in [-0.1, -0.05) is 26.0 Å². The summed E-state index contributed by atoms with van der Waals surface area (Å²) in [6, 6.07) is 11.6. The second kappa shape index (κ2) is 9.80. The number of carbonyl (C=O) groups is 1. The highest BCUT2D eigenvalue weighted by atomic mass is 32.2. The van der Waals surface area contributed by atoms with Crippen LogP contribution < -0.4 is 10.0 Å². The highest BCUT2D eigenvalue weighted by Crippen LogP contribution is 2.20. The average molecular weight is 479 g/mol. The molecule has 0 spiro atoms. The van der Waals surface area contributed by atoms with Crippen molar-refractivity contribution < 1.29 is 21.6 Å². The Morgan fingerprint density at radius 3 is 2.34 bits per heavy atom. The molecule has 0 fully saturated rings. The summed E-state index contributed by atoms with van der Waals surface area (Å²) in [5.41, 5.74) is 0.410. The van der Waals surface area contributed by atoms with Crippen molar-refractivity contribution in [3.63, 3.8) is 0 Å². The molecule has 0 radical (unpaired) electrons. The summed E-state index contributed by atoms with van der Waals surface area (Å²) in [6.07, 6.45) is 1.37. The minimum atomic E-state index is -3.83. The maximum Gasteiger partial charge on any atom is 0.262 e. The first kappa shape index (κ1) is 23.9. The molecule has 1 amide bonds. The first-order valence-electron chi connectivity index (χ1n) is 10.2. The van der Waals surface area contributed by atoms with Gasteiger partial charge in [0.05, 0.1) is 9.79 Å². The summed E-state index contributed by atoms with van der Waals surface area (Å²) in [5, 5.41) is 2.63. The number of anilines is 1. The number of nitrogens with one attached hydrogen (secondary N) is 2. The van der Waals surface area contributed by atoms with E-state index in [1.165, 1.54) is 46.8 Å². The van der Waals surface area contributed by atoms with Crippen LogP contribution >= 0.6 is 0 Å². The van der Waals surface area contributed by atoms with Crippen LogP contribution in [0.15, 0.2) is 63.3 Å². The lowest BCUT2D eigenvalue weighted by atomic mass is 10.2. The van der Waals surface area contributed by atoms with E-state index < -0.39 is 26.0 Å². The van der Waals surface area contributed by atoms with E-state index in [0.717, 1.165) is 6.42 Å². The third-order valence-corrected chi connectivity index (χ3v) is 8.39. The molecule has 0 aromatic heterocycles. The van der Waals surface area contributed by atoms with Gasteiger partial charge in [0, 0.05) is 37.3 Å². The third kappa shape index (κ3) is 5.34. The van der Waals surface area contributed by atoms with E-state index >= 15 is 0 Å². The number of amidine groups is 1. The average Bonchev–Trinajstić information content (AvgIpc) is 3.27. The van der Waals surface area contributed by atoms with Crippen LogP contribution in [0.5, 0.6) is 0 Å². The minimum absolute atomic E-state index is 0.0113. The van der Waals surface area contributed by atoms with Gasteiger partial charge in [-0.3, -0.25) is 14.5 Å². The zero-order valence-electron chi connectivity index (χ0n) is 17.9. The molecule has 1 heterocycles. The second-order valence-electron chi connectivity index (χ2n) is 7.14. The molecular weight excluding hydrogens is 452 g/mol. The maximum absolute atomic E-state index is 12.7. The van der Waals surface area contributed by atoms with Crippen LogP contribution in [-0.2, 0) is 20.0 Å². The summed E-state index contributed by atoms with van der Waals surface area (Å²) in [6.45, 7) is 4.71. The number of aliphatic imine (C=N–C) groups is 1. The van der Waals surface area contributed by atoms with Crippen molar-refractivity contribution in [3.05, 3.63) is 54.1 Å². The number of sulfonamides is 2. The van der Waals surface area contributed by atoms with E-state index in [0.29, 0.717) is 31.9 Å². The van der Waals surface area contributed by atoms with E-state index in [9.17, 15) is 21.6 Å². The largest absolute Gasteiger partial charge is 0.322 e. The van der Waals surface area contributed by atoms with Gasteiger partial charge >= 0.3 is 0 Å². The van der Waals surface area contributed by atoms with Crippen LogP contribution in [0.2, 0.25) is 0 Å². The predicted molar refractivity (Wildman–Crippen MR) is 123 cm³/mol. The Balaban J connectivity index is 1.80. The molecule has 9 nitrogen and oxygen atoms in total. The normalized spacial score (nSPS) is 14.3. The molecule has 0 aliphatic carbocycles. The fourth-order valence-electron chi connectivity index (χ4n) is 3.29. The van der Waals surface area contributed by atoms with E-state index in [1.54, 1.807) is 19.9 Å². The van der Waals surface area contributed by atoms with Gasteiger partial charge in [0.25, 0.3) is 15.9 Å². The zero-order valence-corrected chi connectivity index (χ0v) is 19.5. The van der Waals surface area contributed by atoms with Crippen molar-refractivity contribution in [3.8, 4) is 0 Å². The summed E-state index contributed by atoms with van der Waals surface area (Å²) < 4.78 is 54.4. The Bertz CT molecular complexity index is 1240. The Morgan fingerprint density at radius 1 is 1.00 bits per heavy atom. The summed E-state index contributed by atoms with van der Waals surface area (Å²) in [7, 11) is -7.54. The first-order chi connectivity index (χ1) is 15.2. The van der Waals surface area contributed by atoms with Gasteiger partial charge in [-0.2, -0.15) is 4.31 Å². The quantitative estimate of drug-likeness (QED) is 0.603. The summed E-state index contributed by atoms with van der Waals surface area (Å²) >= 11 is 0. The predicted octanol–water partition coefficient (Wildman–Crippen LogP) is 2.44. The summed E-state index contributed by atoms with van der Waals surface area (Å²) in [5.74, 6) is -0.130. The van der Waals surface area contributed by atoms with Crippen LogP contribution in [0.1, 0.15) is 37.0 Å². The number of amides is 1. The van der Waals surface area contributed by atoms with E-state index in [1.807, 2.05) is 0 Å². The maximum atomic E-state index is 12.7. The topological polar surface area (TPSA) is 125 Å². The van der Waals surface area contributed by atoms with Gasteiger partial charge in [0.2, 0.25) is 10.0 Å². The van der Waals surface area contributed by atoms with Crippen molar-refractivity contribution in [1.82, 2.24) is 9.03 Å². The number of nitrogens with zero attached hydrogens (tertiary/aromatic N) is 2. The van der Waals surface area contributed by atoms with Gasteiger partial charge in [0.1, 0.15) is 5.84 Å². The molecule has 3 rings (SSSR count). The van der Waals surface area contributed by atoms with Crippen molar-refractivity contribution in [2.75, 3.05) is 25.0 Å². The van der Waals surface area contributed by atoms with Crippen LogP contribution in [0.4, 0.5) is 5.69 Å². The van der Waals surface area contributed by atoms with Crippen LogP contribution in [0.3, 0.4) is 0 Å². The lowest BCUT2D eigenvalue weighted by Crippen LogP contribution is -2.30. The van der Waals surface area contributed by atoms with E-state index in [-0.39, 0.29) is 21.0 Å². The van der Waals surface area contributed by atoms with Gasteiger partial charge in [-0.25, -0.2) is 16.8 Å². The van der Waals surface area contributed by atoms with Gasteiger partial charge in [0.15, 0.2) is 0 Å². The van der Waals surface area contributed by atoms with Gasteiger partial charge in [-0.05, 0) is 42.8 Å². The molecule has 1 aliphatic heterocycles. The molecule has 2 aromatic rings. The first-order valence-corrected chi connectivity index (χ1v) is 13.2. The third-order valence-electron chi connectivity index (χ3n) is 4.97. The molecule has 0 bridgehead atoms. The fourth-order valence-corrected chi connectivity index (χ4v) is 5.93. The second-order valence-corrected chi connectivity index (χ2v) is 10.8. The highest BCUT2D eigenvalue weighted by Gasteiger charge is 2.23. The molecule has 11 heteroatoms. The molecule has 0 saturated carbocycles. The lowest BCUT2D eigenvalue weighted by Gasteiger charge is -2.18. The standard InChI is InChI=1S/C21H26N4O5S2/c1-3-25(4-2)32(29,30)19-11-5-8-16(14-19)21(26)23-17-9-6-10-18(15-17)31(27,28)24-20-12-7-13-22-20/h5-6,8-11,14-15H,3-4,7,12-13H2,1-2H3,(H,22,24)(H,23,26). The number of rotatable bonds is 8. The Labute approximate surface area is 188 Å². The molecule has 2 N–H and O–H groups in total. The van der Waals surface area contributed by atoms with Crippen molar-refractivity contribution in [2.45, 2.75) is 36.5 Å². The van der Waals surface area contributed by atoms with Crippen LogP contribution in [0.25, 0.3) is 0 Å². The number of hydrogen-bond donors (Lipinski definition) is 2. The number of benzene rings is 2. The van der Waals surface area contributed by atoms with Crippen LogP contribution in [-0.4, -0.2) is 52.5 Å². The Kier molecular flexibility index (Phi) is 7.32. The number of carbonyl (C=O) groups excluding carboxylic acids is 1. The molecule has 32 heavy (non-hydrogen) atoms. The lowest BCUT2D eigenvalue weighted by molar-refractivity contribution is 0.102. The van der Waals surface area contributed by atoms with Crippen molar-refractivity contribution >= 4 is 37.5 Å². The molecule has 0 unspecified atom stereocenters. The number of hydrogen-bond acceptors (Lipinski definition) is 6. The molecular formula is C21H26N4O5S2. The van der Waals surface area contributed by atoms with Gasteiger partial charge in [-0.15, -0.1) is 0 Å². The smallest absolute Gasteiger partial charge is 0.262 e. The van der Waals surface area contributed by atoms with Crippen molar-refractivity contribution in [1.29, 1.82) is 0 Å². The Morgan fingerprint density at radius 2 is 1.69 bits per heavy atom. The molecule has 0 saturated heterocycles. The SMILES string of the molecule is CCN(CC)S(=O)(=O)c1cccc(C(=O)Nc2cccc(S(=O)(=O)NC3=NCCC3)c2)c1. The molecule has 0 atom stereocenters. The van der Waals surface area contributed by atoms with Crippen LogP contribution in [0, 0.1) is 0 Å². The zero-order chi connectivity index (χ0) is 23.4. The highest BCUT2D eigenvalue weighted by molar-refractivity contribution is 7.90. The van der Waals surface area contributed by atoms with Gasteiger partial charge < -0.3 is 5.32 Å². The molecule has 172 valence electrons. The summed E-state index contributed by atoms with van der Waals surface area (Å²) in [4.78, 5) is 16.9. The monoisotopic (exact) mass is 478 g/mol. The van der Waals surface area contributed by atoms with Crippen molar-refractivity contribution in [2.24, 2.45) is 4.99 Å². The molecule has 2 aromatic carbocycles. The fraction of sp³-hybridized carbons (Fsp3) is 0.333. The molecule has 1 aliphatic rings. The van der Waals surface area contributed by atoms with E-state index in [4.69, 9.17) is 0 Å². The Hall–Kier alpha value is -2.76. The minimum Gasteiger partial charge on any atom is -0.322 e. The van der Waals surface area contributed by atoms with E-state index in [2.05, 4.69) is 15.0 Å².